The summed E-state index contributed by atoms with van der Waals surface area (Å²) in [6.45, 7) is 3.10. The number of ether oxygens (including phenoxy) is 1. The van der Waals surface area contributed by atoms with E-state index in [1.165, 1.54) is 24.3 Å². The number of amides is 5. The fourth-order valence-electron chi connectivity index (χ4n) is 3.10. The SMILES string of the molecule is Cc1ccc(NC(=O)NC(=O)COC(=O)c2ccc(N3C(=O)CCC3=O)cc2)c(C)c1. The highest BCUT2D eigenvalue weighted by Gasteiger charge is 2.30. The standard InChI is InChI=1S/C22H21N3O6/c1-13-3-8-17(14(2)11-13)23-22(30)24-18(26)12-31-21(29)15-4-6-16(7-5-15)25-19(27)9-10-20(25)28/h3-8,11H,9-10,12H2,1-2H3,(H2,23,24,26,30). The molecule has 2 N–H and O–H groups in total. The second-order valence-electron chi connectivity index (χ2n) is 7.07. The van der Waals surface area contributed by atoms with Gasteiger partial charge in [-0.2, -0.15) is 0 Å². The minimum absolute atomic E-state index is 0.135. The number of imide groups is 2. The lowest BCUT2D eigenvalue weighted by molar-refractivity contribution is -0.123. The van der Waals surface area contributed by atoms with Crippen LogP contribution < -0.4 is 15.5 Å². The maximum absolute atomic E-state index is 12.1. The van der Waals surface area contributed by atoms with Crippen molar-refractivity contribution in [1.29, 1.82) is 0 Å². The van der Waals surface area contributed by atoms with Crippen LogP contribution >= 0.6 is 0 Å². The zero-order valence-corrected chi connectivity index (χ0v) is 17.1. The van der Waals surface area contributed by atoms with Crippen molar-refractivity contribution >= 4 is 41.1 Å². The third-order valence-corrected chi connectivity index (χ3v) is 4.63. The summed E-state index contributed by atoms with van der Waals surface area (Å²) in [6.07, 6.45) is 0.323. The van der Waals surface area contributed by atoms with E-state index in [9.17, 15) is 24.0 Å². The molecule has 0 aromatic heterocycles. The van der Waals surface area contributed by atoms with Gasteiger partial charge >= 0.3 is 12.0 Å². The summed E-state index contributed by atoms with van der Waals surface area (Å²) in [5.41, 5.74) is 2.94. The van der Waals surface area contributed by atoms with Crippen molar-refractivity contribution in [3.63, 3.8) is 0 Å². The molecule has 0 bridgehead atoms. The van der Waals surface area contributed by atoms with Crippen LogP contribution in [0.3, 0.4) is 0 Å². The number of aryl methyl sites for hydroxylation is 2. The van der Waals surface area contributed by atoms with Crippen molar-refractivity contribution in [2.24, 2.45) is 0 Å². The second-order valence-corrected chi connectivity index (χ2v) is 7.07. The number of benzene rings is 2. The van der Waals surface area contributed by atoms with Gasteiger partial charge in [0, 0.05) is 18.5 Å². The third kappa shape index (κ3) is 5.33. The molecule has 1 fully saturated rings. The van der Waals surface area contributed by atoms with Gasteiger partial charge in [0.1, 0.15) is 0 Å². The molecule has 0 aliphatic carbocycles. The van der Waals surface area contributed by atoms with Crippen LogP contribution in [0.5, 0.6) is 0 Å². The molecule has 1 heterocycles. The van der Waals surface area contributed by atoms with Gasteiger partial charge < -0.3 is 10.1 Å². The Hall–Kier alpha value is -4.01. The smallest absolute Gasteiger partial charge is 0.338 e. The summed E-state index contributed by atoms with van der Waals surface area (Å²) < 4.78 is 4.91. The highest BCUT2D eigenvalue weighted by Crippen LogP contribution is 2.23. The topological polar surface area (TPSA) is 122 Å². The number of urea groups is 1. The number of nitrogens with one attached hydrogen (secondary N) is 2. The maximum Gasteiger partial charge on any atom is 0.338 e. The Labute approximate surface area is 178 Å². The molecule has 1 aliphatic heterocycles. The second kappa shape index (κ2) is 9.21. The van der Waals surface area contributed by atoms with E-state index < -0.39 is 24.5 Å². The number of carbonyl (C=O) groups is 5. The molecule has 1 saturated heterocycles. The molecule has 3 rings (SSSR count). The molecular weight excluding hydrogens is 402 g/mol. The van der Waals surface area contributed by atoms with E-state index in [1.807, 2.05) is 26.0 Å². The van der Waals surface area contributed by atoms with Crippen LogP contribution in [-0.2, 0) is 19.1 Å². The first-order valence-corrected chi connectivity index (χ1v) is 9.55. The average molecular weight is 423 g/mol. The van der Waals surface area contributed by atoms with Gasteiger partial charge in [-0.15, -0.1) is 0 Å². The average Bonchev–Trinajstić information content (AvgIpc) is 3.06. The quantitative estimate of drug-likeness (QED) is 0.563. The number of rotatable bonds is 5. The zero-order valence-electron chi connectivity index (χ0n) is 17.1. The fraction of sp³-hybridized carbons (Fsp3) is 0.227. The highest BCUT2D eigenvalue weighted by molar-refractivity contribution is 6.19. The number of anilines is 2. The molecule has 1 aliphatic rings. The van der Waals surface area contributed by atoms with E-state index in [1.54, 1.807) is 6.07 Å². The number of carbonyl (C=O) groups excluding carboxylic acids is 5. The van der Waals surface area contributed by atoms with Crippen LogP contribution in [0.1, 0.15) is 34.3 Å². The summed E-state index contributed by atoms with van der Waals surface area (Å²) in [6, 6.07) is 10.4. The number of nitrogens with zero attached hydrogens (tertiary/aromatic N) is 1. The Morgan fingerprint density at radius 1 is 0.968 bits per heavy atom. The lowest BCUT2D eigenvalue weighted by Crippen LogP contribution is -2.37. The van der Waals surface area contributed by atoms with Gasteiger partial charge in [0.25, 0.3) is 5.91 Å². The van der Waals surface area contributed by atoms with E-state index in [4.69, 9.17) is 4.74 Å². The molecule has 9 heteroatoms. The van der Waals surface area contributed by atoms with Crippen LogP contribution in [0, 0.1) is 13.8 Å². The summed E-state index contributed by atoms with van der Waals surface area (Å²) in [5, 5.41) is 4.64. The van der Waals surface area contributed by atoms with Crippen molar-refractivity contribution in [2.75, 3.05) is 16.8 Å². The Kier molecular flexibility index (Phi) is 6.44. The molecule has 160 valence electrons. The normalized spacial score (nSPS) is 13.2. The van der Waals surface area contributed by atoms with Gasteiger partial charge in [0.05, 0.1) is 11.3 Å². The van der Waals surface area contributed by atoms with E-state index in [0.29, 0.717) is 11.4 Å². The maximum atomic E-state index is 12.1. The first kappa shape index (κ1) is 21.7. The monoisotopic (exact) mass is 423 g/mol. The highest BCUT2D eigenvalue weighted by atomic mass is 16.5. The van der Waals surface area contributed by atoms with E-state index >= 15 is 0 Å². The van der Waals surface area contributed by atoms with E-state index in [-0.39, 0.29) is 30.2 Å². The molecule has 31 heavy (non-hydrogen) atoms. The molecule has 9 nitrogen and oxygen atoms in total. The van der Waals surface area contributed by atoms with Crippen LogP contribution in [-0.4, -0.2) is 36.3 Å². The predicted octanol–water partition coefficient (Wildman–Crippen LogP) is 2.46. The molecule has 2 aromatic rings. The minimum Gasteiger partial charge on any atom is -0.452 e. The molecule has 2 aromatic carbocycles. The molecular formula is C22H21N3O6. The predicted molar refractivity (Wildman–Crippen MR) is 112 cm³/mol. The summed E-state index contributed by atoms with van der Waals surface area (Å²) in [7, 11) is 0. The summed E-state index contributed by atoms with van der Waals surface area (Å²) in [4.78, 5) is 60.5. The van der Waals surface area contributed by atoms with Gasteiger partial charge in [-0.3, -0.25) is 24.6 Å². The lowest BCUT2D eigenvalue weighted by Gasteiger charge is -2.14. The van der Waals surface area contributed by atoms with Crippen molar-refractivity contribution in [3.05, 3.63) is 59.2 Å². The van der Waals surface area contributed by atoms with Crippen LogP contribution in [0.2, 0.25) is 0 Å². The fourth-order valence-corrected chi connectivity index (χ4v) is 3.10. The van der Waals surface area contributed by atoms with Crippen molar-refractivity contribution in [1.82, 2.24) is 5.32 Å². The van der Waals surface area contributed by atoms with Crippen LogP contribution in [0.4, 0.5) is 16.2 Å². The van der Waals surface area contributed by atoms with Crippen LogP contribution in [0.15, 0.2) is 42.5 Å². The van der Waals surface area contributed by atoms with Crippen molar-refractivity contribution in [2.45, 2.75) is 26.7 Å². The first-order valence-electron chi connectivity index (χ1n) is 9.55. The number of hydrogen-bond donors (Lipinski definition) is 2. The summed E-state index contributed by atoms with van der Waals surface area (Å²) >= 11 is 0. The number of hydrogen-bond acceptors (Lipinski definition) is 6. The first-order chi connectivity index (χ1) is 14.7. The largest absolute Gasteiger partial charge is 0.452 e. The van der Waals surface area contributed by atoms with Gasteiger partial charge in [-0.25, -0.2) is 9.59 Å². The Balaban J connectivity index is 1.49. The Bertz CT molecular complexity index is 1050. The molecule has 0 spiro atoms. The Morgan fingerprint density at radius 2 is 1.61 bits per heavy atom. The lowest BCUT2D eigenvalue weighted by atomic mass is 10.1. The van der Waals surface area contributed by atoms with Gasteiger partial charge in [0.15, 0.2) is 6.61 Å². The Morgan fingerprint density at radius 3 is 2.23 bits per heavy atom. The van der Waals surface area contributed by atoms with Gasteiger partial charge in [-0.05, 0) is 49.7 Å². The third-order valence-electron chi connectivity index (χ3n) is 4.63. The molecule has 0 atom stereocenters. The van der Waals surface area contributed by atoms with Gasteiger partial charge in [0.2, 0.25) is 11.8 Å². The van der Waals surface area contributed by atoms with E-state index in [2.05, 4.69) is 10.6 Å². The molecule has 0 unspecified atom stereocenters. The van der Waals surface area contributed by atoms with Gasteiger partial charge in [-0.1, -0.05) is 17.7 Å². The van der Waals surface area contributed by atoms with Crippen LogP contribution in [0.25, 0.3) is 0 Å². The summed E-state index contributed by atoms with van der Waals surface area (Å²) in [5.74, 6) is -2.16. The van der Waals surface area contributed by atoms with Crippen molar-refractivity contribution in [3.8, 4) is 0 Å². The minimum atomic E-state index is -0.791. The zero-order chi connectivity index (χ0) is 22.5. The molecule has 0 saturated carbocycles. The number of esters is 1. The van der Waals surface area contributed by atoms with E-state index in [0.717, 1.165) is 16.0 Å². The van der Waals surface area contributed by atoms with Crippen molar-refractivity contribution < 1.29 is 28.7 Å². The molecule has 0 radical (unpaired) electrons. The molecule has 5 amide bonds.